The van der Waals surface area contributed by atoms with Crippen LogP contribution in [0.2, 0.25) is 0 Å². The van der Waals surface area contributed by atoms with Gasteiger partial charge in [-0.15, -0.1) is 0 Å². The average Bonchev–Trinajstić information content (AvgIpc) is 4.13. The van der Waals surface area contributed by atoms with Crippen LogP contribution in [0.1, 0.15) is 22.8 Å². The van der Waals surface area contributed by atoms with Crippen LogP contribution in [-0.4, -0.2) is 24.9 Å². The fraction of sp³-hybridized carbons (Fsp3) is 0. The van der Waals surface area contributed by atoms with Crippen LogP contribution >= 0.6 is 0 Å². The summed E-state index contributed by atoms with van der Waals surface area (Å²) < 4.78 is 0. The van der Waals surface area contributed by atoms with Crippen molar-refractivity contribution in [1.29, 1.82) is 0 Å². The van der Waals surface area contributed by atoms with E-state index < -0.39 is 0 Å². The second-order valence-corrected chi connectivity index (χ2v) is 14.7. The fourth-order valence-corrected chi connectivity index (χ4v) is 8.62. The van der Waals surface area contributed by atoms with Gasteiger partial charge in [0.2, 0.25) is 0 Å². The lowest BCUT2D eigenvalue weighted by atomic mass is 9.91. The van der Waals surface area contributed by atoms with Crippen molar-refractivity contribution in [2.45, 2.75) is 0 Å². The first-order valence-electron chi connectivity index (χ1n) is 19.5. The monoisotopic (exact) mass is 759 g/mol. The maximum atomic E-state index is 11.7. The lowest BCUT2D eigenvalue weighted by Crippen LogP contribution is -1.91. The number of fused-ring (bicyclic) bond motifs is 10. The van der Waals surface area contributed by atoms with Crippen LogP contribution in [0.5, 0.6) is 0 Å². The van der Waals surface area contributed by atoms with Crippen molar-refractivity contribution >= 4 is 73.6 Å². The van der Waals surface area contributed by atoms with Gasteiger partial charge in [-0.25, -0.2) is 9.97 Å². The van der Waals surface area contributed by atoms with Crippen LogP contribution in [0.4, 0.5) is 5.69 Å². The molecule has 0 atom stereocenters. The van der Waals surface area contributed by atoms with Gasteiger partial charge in [-0.2, -0.15) is 0 Å². The van der Waals surface area contributed by atoms with Gasteiger partial charge in [0, 0.05) is 62.0 Å². The predicted octanol–water partition coefficient (Wildman–Crippen LogP) is 13.5. The first kappa shape index (κ1) is 34.1. The Morgan fingerprint density at radius 3 is 1.20 bits per heavy atom. The van der Waals surface area contributed by atoms with E-state index in [4.69, 9.17) is 9.97 Å². The molecule has 59 heavy (non-hydrogen) atoms. The molecule has 0 radical (unpaired) electrons. The Morgan fingerprint density at radius 2 is 0.763 bits per heavy atom. The zero-order valence-corrected chi connectivity index (χ0v) is 31.6. The molecule has 11 rings (SSSR count). The minimum atomic E-state index is -0.376. The topological polar surface area (TPSA) is 100 Å². The smallest absolute Gasteiger partial charge is 0.269 e. The van der Waals surface area contributed by atoms with E-state index >= 15 is 0 Å². The molecule has 9 aromatic rings. The summed E-state index contributed by atoms with van der Waals surface area (Å²) in [6, 6.07) is 55.2. The molecule has 7 heteroatoms. The van der Waals surface area contributed by atoms with Gasteiger partial charge in [-0.1, -0.05) is 109 Å². The van der Waals surface area contributed by atoms with E-state index in [1.807, 2.05) is 42.5 Å². The number of H-pyrrole nitrogens is 2. The van der Waals surface area contributed by atoms with Crippen molar-refractivity contribution in [1.82, 2.24) is 19.9 Å². The number of nitrogens with zero attached hydrogens (tertiary/aromatic N) is 3. The van der Waals surface area contributed by atoms with Crippen LogP contribution in [-0.2, 0) is 0 Å². The quantitative estimate of drug-likeness (QED) is 0.104. The Hall–Kier alpha value is -8.16. The highest BCUT2D eigenvalue weighted by atomic mass is 16.6. The van der Waals surface area contributed by atoms with E-state index in [0.29, 0.717) is 0 Å². The number of aromatic nitrogens is 4. The molecule has 0 spiro atoms. The summed E-state index contributed by atoms with van der Waals surface area (Å²) in [6.07, 6.45) is 8.33. The van der Waals surface area contributed by atoms with Gasteiger partial charge in [0.25, 0.3) is 5.69 Å². The van der Waals surface area contributed by atoms with Crippen molar-refractivity contribution in [2.75, 3.05) is 0 Å². The van der Waals surface area contributed by atoms with Crippen LogP contribution in [0, 0.1) is 10.1 Å². The molecule has 2 aliphatic heterocycles. The second kappa shape index (κ2) is 13.8. The van der Waals surface area contributed by atoms with Gasteiger partial charge in [-0.05, 0) is 105 Å². The summed E-state index contributed by atoms with van der Waals surface area (Å²) in [5, 5.41) is 16.3. The summed E-state index contributed by atoms with van der Waals surface area (Å²) in [6.45, 7) is 0. The number of nitrogens with one attached hydrogen (secondary N) is 2. The summed E-state index contributed by atoms with van der Waals surface area (Å²) in [5.41, 5.74) is 14.4. The number of rotatable bonds is 5. The summed E-state index contributed by atoms with van der Waals surface area (Å²) in [4.78, 5) is 29.8. The van der Waals surface area contributed by atoms with Gasteiger partial charge in [-0.3, -0.25) is 10.1 Å². The van der Waals surface area contributed by atoms with E-state index in [9.17, 15) is 10.1 Å². The molecule has 5 heterocycles. The molecular weight excluding hydrogens is 727 g/mol. The first-order valence-corrected chi connectivity index (χ1v) is 19.5. The number of aromatic amines is 2. The SMILES string of the molecule is O=[N+]([O-])c1ccc(-c2c3nc(c(-c4ccccc4)c4ccc([nH]4)c(-c4c5ccccc5cc5ccccc45)c4nc(c(-c5ccccc5)c5ccc2[nH]5)C=C4)C=C3)cc1. The average molecular weight is 760 g/mol. The van der Waals surface area contributed by atoms with E-state index in [1.54, 1.807) is 24.3 Å². The number of nitro benzene ring substituents is 1. The van der Waals surface area contributed by atoms with Gasteiger partial charge >= 0.3 is 0 Å². The van der Waals surface area contributed by atoms with Crippen LogP contribution < -0.4 is 0 Å². The third kappa shape index (κ3) is 5.83. The molecule has 2 N–H and O–H groups in total. The maximum absolute atomic E-state index is 11.7. The zero-order chi connectivity index (χ0) is 39.5. The van der Waals surface area contributed by atoms with E-state index in [2.05, 4.69) is 131 Å². The van der Waals surface area contributed by atoms with Crippen molar-refractivity contribution in [3.63, 3.8) is 0 Å². The number of hydrogen-bond acceptors (Lipinski definition) is 4. The predicted molar refractivity (Wildman–Crippen MR) is 242 cm³/mol. The minimum Gasteiger partial charge on any atom is -0.354 e. The molecule has 278 valence electrons. The molecule has 8 bridgehead atoms. The third-order valence-electron chi connectivity index (χ3n) is 11.3. The van der Waals surface area contributed by atoms with Crippen LogP contribution in [0.3, 0.4) is 0 Å². The van der Waals surface area contributed by atoms with Gasteiger partial charge < -0.3 is 9.97 Å². The number of nitro groups is 1. The molecular formula is C52H33N5O2. The Balaban J connectivity index is 1.34. The maximum Gasteiger partial charge on any atom is 0.269 e. The number of non-ortho nitro benzene ring substituents is 1. The molecule has 0 saturated heterocycles. The van der Waals surface area contributed by atoms with Crippen molar-refractivity contribution < 1.29 is 4.92 Å². The van der Waals surface area contributed by atoms with E-state index in [-0.39, 0.29) is 10.6 Å². The third-order valence-corrected chi connectivity index (χ3v) is 11.3. The summed E-state index contributed by atoms with van der Waals surface area (Å²) in [5.74, 6) is 0. The Morgan fingerprint density at radius 1 is 0.390 bits per heavy atom. The fourth-order valence-electron chi connectivity index (χ4n) is 8.62. The molecule has 7 nitrogen and oxygen atoms in total. The lowest BCUT2D eigenvalue weighted by molar-refractivity contribution is -0.384. The molecule has 2 aliphatic rings. The van der Waals surface area contributed by atoms with Crippen molar-refractivity contribution in [3.8, 4) is 44.5 Å². The number of benzene rings is 6. The number of hydrogen-bond donors (Lipinski definition) is 2. The molecule has 0 aliphatic carbocycles. The normalized spacial score (nSPS) is 12.1. The Bertz CT molecular complexity index is 3310. The van der Waals surface area contributed by atoms with Gasteiger partial charge in [0.1, 0.15) is 0 Å². The molecule has 6 aromatic carbocycles. The van der Waals surface area contributed by atoms with Gasteiger partial charge in [0.15, 0.2) is 0 Å². The largest absolute Gasteiger partial charge is 0.354 e. The minimum absolute atomic E-state index is 0.0265. The second-order valence-electron chi connectivity index (χ2n) is 14.7. The molecule has 0 fully saturated rings. The van der Waals surface area contributed by atoms with Gasteiger partial charge in [0.05, 0.1) is 27.7 Å². The highest BCUT2D eigenvalue weighted by Crippen LogP contribution is 2.43. The summed E-state index contributed by atoms with van der Waals surface area (Å²) in [7, 11) is 0. The van der Waals surface area contributed by atoms with E-state index in [1.165, 1.54) is 0 Å². The lowest BCUT2D eigenvalue weighted by Gasteiger charge is -2.13. The van der Waals surface area contributed by atoms with E-state index in [0.717, 1.165) is 111 Å². The van der Waals surface area contributed by atoms with Crippen molar-refractivity contribution in [2.24, 2.45) is 0 Å². The molecule has 3 aromatic heterocycles. The highest BCUT2D eigenvalue weighted by molar-refractivity contribution is 6.16. The molecule has 0 amide bonds. The zero-order valence-electron chi connectivity index (χ0n) is 31.6. The Kier molecular flexibility index (Phi) is 7.98. The highest BCUT2D eigenvalue weighted by Gasteiger charge is 2.21. The standard InChI is InChI=1S/C52H33N5O2/c58-57(59)37-21-19-34(20-22-37)50-44-25-23-40(53-44)48(32-11-3-1-4-12-32)42-27-29-46(55-42)52(51-38-17-9-7-15-35(38)31-36-16-8-10-18-39(36)51)47-30-28-43(56-47)49(33-13-5-2-6-14-33)41-24-26-45(50)54-41/h1-31,53,56H. The van der Waals surface area contributed by atoms with Crippen molar-refractivity contribution in [3.05, 3.63) is 197 Å². The molecule has 0 unspecified atom stereocenters. The molecule has 0 saturated carbocycles. The Labute approximate surface area is 338 Å². The summed E-state index contributed by atoms with van der Waals surface area (Å²) >= 11 is 0. The van der Waals surface area contributed by atoms with Crippen LogP contribution in [0.25, 0.3) is 112 Å². The first-order chi connectivity index (χ1) is 29.1. The van der Waals surface area contributed by atoms with Crippen LogP contribution in [0.15, 0.2) is 164 Å².